The molecule has 0 fully saturated rings. The Labute approximate surface area is 155 Å². The number of benzene rings is 2. The molecule has 0 saturated heterocycles. The smallest absolute Gasteiger partial charge is 0.253 e. The third-order valence-electron chi connectivity index (χ3n) is 3.59. The lowest BCUT2D eigenvalue weighted by Gasteiger charge is -2.09. The Kier molecular flexibility index (Phi) is 6.56. The summed E-state index contributed by atoms with van der Waals surface area (Å²) in [5.41, 5.74) is 3.07. The van der Waals surface area contributed by atoms with Crippen LogP contribution in [-0.4, -0.2) is 39.9 Å². The molecule has 0 aliphatic carbocycles. The highest BCUT2D eigenvalue weighted by molar-refractivity contribution is 7.88. The van der Waals surface area contributed by atoms with Crippen LogP contribution in [0.15, 0.2) is 48.5 Å². The molecule has 0 aliphatic heterocycles. The van der Waals surface area contributed by atoms with E-state index in [1.165, 1.54) is 4.90 Å². The molecule has 0 spiro atoms. The van der Waals surface area contributed by atoms with Crippen molar-refractivity contribution in [3.05, 3.63) is 70.8 Å². The van der Waals surface area contributed by atoms with Gasteiger partial charge in [0.1, 0.15) is 0 Å². The van der Waals surface area contributed by atoms with Crippen molar-refractivity contribution < 1.29 is 13.2 Å². The normalized spacial score (nSPS) is 10.7. The lowest BCUT2D eigenvalue weighted by molar-refractivity contribution is 0.0827. The number of nitrogens with zero attached hydrogens (tertiary/aromatic N) is 1. The molecule has 0 radical (unpaired) electrons. The van der Waals surface area contributed by atoms with Gasteiger partial charge in [0.25, 0.3) is 5.91 Å². The maximum absolute atomic E-state index is 12.1. The Hall–Kier alpha value is -2.62. The van der Waals surface area contributed by atoms with Crippen LogP contribution >= 0.6 is 0 Å². The van der Waals surface area contributed by atoms with Crippen molar-refractivity contribution in [2.45, 2.75) is 12.7 Å². The molecule has 2 aromatic carbocycles. The van der Waals surface area contributed by atoms with E-state index in [4.69, 9.17) is 0 Å². The minimum Gasteiger partial charge on any atom is -0.345 e. The zero-order valence-corrected chi connectivity index (χ0v) is 15.9. The van der Waals surface area contributed by atoms with E-state index in [0.717, 1.165) is 16.7 Å². The average Bonchev–Trinajstić information content (AvgIpc) is 2.58. The molecule has 0 aliphatic rings. The van der Waals surface area contributed by atoms with Crippen LogP contribution in [0, 0.1) is 18.8 Å². The number of carbonyl (C=O) groups excluding carboxylic acids is 1. The van der Waals surface area contributed by atoms with Gasteiger partial charge < -0.3 is 4.90 Å². The zero-order valence-electron chi connectivity index (χ0n) is 15.1. The van der Waals surface area contributed by atoms with E-state index in [-0.39, 0.29) is 18.2 Å². The van der Waals surface area contributed by atoms with Crippen LogP contribution in [0.3, 0.4) is 0 Å². The van der Waals surface area contributed by atoms with E-state index >= 15 is 0 Å². The van der Waals surface area contributed by atoms with Crippen molar-refractivity contribution >= 4 is 15.9 Å². The lowest BCUT2D eigenvalue weighted by atomic mass is 10.1. The van der Waals surface area contributed by atoms with Crippen LogP contribution in [0.5, 0.6) is 0 Å². The van der Waals surface area contributed by atoms with Crippen LogP contribution in [0.1, 0.15) is 27.0 Å². The van der Waals surface area contributed by atoms with Gasteiger partial charge in [0, 0.05) is 25.2 Å². The van der Waals surface area contributed by atoms with Gasteiger partial charge in [-0.1, -0.05) is 41.7 Å². The van der Waals surface area contributed by atoms with Crippen molar-refractivity contribution in [2.75, 3.05) is 20.6 Å². The SMILES string of the molecule is Cc1cccc(CS(=O)(=O)NCC#Cc2ccc(C(=O)N(C)C)cc2)c1. The van der Waals surface area contributed by atoms with Gasteiger partial charge >= 0.3 is 0 Å². The molecule has 0 atom stereocenters. The molecule has 6 heteroatoms. The Balaban J connectivity index is 1.92. The molecule has 1 amide bonds. The largest absolute Gasteiger partial charge is 0.345 e. The third kappa shape index (κ3) is 6.03. The maximum atomic E-state index is 12.1. The number of sulfonamides is 1. The van der Waals surface area contributed by atoms with Gasteiger partial charge in [0.05, 0.1) is 12.3 Å². The molecule has 1 N–H and O–H groups in total. The Morgan fingerprint density at radius 2 is 1.81 bits per heavy atom. The van der Waals surface area contributed by atoms with Crippen LogP contribution < -0.4 is 4.72 Å². The predicted octanol–water partition coefficient (Wildman–Crippen LogP) is 2.17. The first-order valence-corrected chi connectivity index (χ1v) is 9.75. The van der Waals surface area contributed by atoms with Crippen LogP contribution in [0.25, 0.3) is 0 Å². The van der Waals surface area contributed by atoms with E-state index in [1.54, 1.807) is 44.4 Å². The predicted molar refractivity (Wildman–Crippen MR) is 103 cm³/mol. The minimum absolute atomic E-state index is 0.0343. The fourth-order valence-corrected chi connectivity index (χ4v) is 3.33. The first-order chi connectivity index (χ1) is 12.3. The second-order valence-electron chi connectivity index (χ2n) is 6.15. The van der Waals surface area contributed by atoms with Gasteiger partial charge in [-0.3, -0.25) is 4.79 Å². The van der Waals surface area contributed by atoms with Crippen molar-refractivity contribution in [3.8, 4) is 11.8 Å². The summed E-state index contributed by atoms with van der Waals surface area (Å²) in [4.78, 5) is 13.3. The summed E-state index contributed by atoms with van der Waals surface area (Å²) < 4.78 is 26.6. The zero-order chi connectivity index (χ0) is 19.2. The fraction of sp³-hybridized carbons (Fsp3) is 0.250. The molecule has 0 saturated carbocycles. The number of aryl methyl sites for hydroxylation is 1. The highest BCUT2D eigenvalue weighted by atomic mass is 32.2. The molecule has 0 heterocycles. The standard InChI is InChI=1S/C20H22N2O3S/c1-16-6-4-7-18(14-16)15-26(24,25)21-13-5-8-17-9-11-19(12-10-17)20(23)22(2)3/h4,6-7,9-12,14,21H,13,15H2,1-3H3. The molecule has 0 bridgehead atoms. The maximum Gasteiger partial charge on any atom is 0.253 e. The number of carbonyl (C=O) groups is 1. The van der Waals surface area contributed by atoms with Crippen molar-refractivity contribution in [2.24, 2.45) is 0 Å². The monoisotopic (exact) mass is 370 g/mol. The first-order valence-electron chi connectivity index (χ1n) is 8.10. The van der Waals surface area contributed by atoms with E-state index in [2.05, 4.69) is 16.6 Å². The molecular weight excluding hydrogens is 348 g/mol. The van der Waals surface area contributed by atoms with Crippen LogP contribution in [-0.2, 0) is 15.8 Å². The summed E-state index contributed by atoms with van der Waals surface area (Å²) in [5, 5.41) is 0. The van der Waals surface area contributed by atoms with Crippen molar-refractivity contribution in [1.29, 1.82) is 0 Å². The summed E-state index contributed by atoms with van der Waals surface area (Å²) in [7, 11) is -0.0492. The van der Waals surface area contributed by atoms with Gasteiger partial charge in [0.15, 0.2) is 0 Å². The molecule has 2 rings (SSSR count). The second kappa shape index (κ2) is 8.65. The summed E-state index contributed by atoms with van der Waals surface area (Å²) in [6.45, 7) is 1.96. The first kappa shape index (κ1) is 19.7. The lowest BCUT2D eigenvalue weighted by Crippen LogP contribution is -2.25. The molecular formula is C20H22N2O3S. The highest BCUT2D eigenvalue weighted by Gasteiger charge is 2.10. The van der Waals surface area contributed by atoms with Gasteiger partial charge in [-0.05, 0) is 36.8 Å². The van der Waals surface area contributed by atoms with Crippen LogP contribution in [0.4, 0.5) is 0 Å². The van der Waals surface area contributed by atoms with E-state index in [1.807, 2.05) is 25.1 Å². The Bertz CT molecular complexity index is 937. The second-order valence-corrected chi connectivity index (χ2v) is 7.95. The molecule has 136 valence electrons. The van der Waals surface area contributed by atoms with Crippen LogP contribution in [0.2, 0.25) is 0 Å². The van der Waals surface area contributed by atoms with Crippen molar-refractivity contribution in [1.82, 2.24) is 9.62 Å². The van der Waals surface area contributed by atoms with Gasteiger partial charge in [-0.2, -0.15) is 0 Å². The van der Waals surface area contributed by atoms with E-state index in [9.17, 15) is 13.2 Å². The number of nitrogens with one attached hydrogen (secondary N) is 1. The quantitative estimate of drug-likeness (QED) is 0.821. The van der Waals surface area contributed by atoms with E-state index in [0.29, 0.717) is 5.56 Å². The molecule has 2 aromatic rings. The van der Waals surface area contributed by atoms with Gasteiger partial charge in [-0.25, -0.2) is 13.1 Å². The molecule has 26 heavy (non-hydrogen) atoms. The number of hydrogen-bond donors (Lipinski definition) is 1. The number of rotatable bonds is 5. The summed E-state index contributed by atoms with van der Waals surface area (Å²) in [6, 6.07) is 14.3. The summed E-state index contributed by atoms with van der Waals surface area (Å²) in [6.07, 6.45) is 0. The third-order valence-corrected chi connectivity index (χ3v) is 4.89. The molecule has 0 aromatic heterocycles. The number of amides is 1. The minimum atomic E-state index is -3.44. The highest BCUT2D eigenvalue weighted by Crippen LogP contribution is 2.08. The molecule has 5 nitrogen and oxygen atoms in total. The average molecular weight is 370 g/mol. The topological polar surface area (TPSA) is 66.5 Å². The summed E-state index contributed by atoms with van der Waals surface area (Å²) >= 11 is 0. The van der Waals surface area contributed by atoms with Gasteiger partial charge in [0.2, 0.25) is 10.0 Å². The van der Waals surface area contributed by atoms with E-state index < -0.39 is 10.0 Å². The number of hydrogen-bond acceptors (Lipinski definition) is 3. The van der Waals surface area contributed by atoms with Gasteiger partial charge in [-0.15, -0.1) is 0 Å². The van der Waals surface area contributed by atoms with Crippen molar-refractivity contribution in [3.63, 3.8) is 0 Å². The fourth-order valence-electron chi connectivity index (χ4n) is 2.32. The Morgan fingerprint density at radius 1 is 1.12 bits per heavy atom. The summed E-state index contributed by atoms with van der Waals surface area (Å²) in [5.74, 6) is 5.53. The molecule has 0 unspecified atom stereocenters. The Morgan fingerprint density at radius 3 is 2.42 bits per heavy atom.